The van der Waals surface area contributed by atoms with Crippen LogP contribution >= 0.6 is 0 Å². The Morgan fingerprint density at radius 3 is 1.91 bits per heavy atom. The lowest BCUT2D eigenvalue weighted by atomic mass is 10.1. The molecular weight excluding hydrogens is 500 g/mol. The molecule has 0 atom stereocenters. The van der Waals surface area contributed by atoms with E-state index >= 15 is 0 Å². The van der Waals surface area contributed by atoms with Crippen LogP contribution in [0.3, 0.4) is 0 Å². The quantitative estimate of drug-likeness (QED) is 0.432. The van der Waals surface area contributed by atoms with E-state index in [0.717, 1.165) is 12.1 Å². The van der Waals surface area contributed by atoms with E-state index in [0.29, 0.717) is 18.3 Å². The number of rotatable bonds is 7. The highest BCUT2D eigenvalue weighted by atomic mass is 32.2. The van der Waals surface area contributed by atoms with Crippen molar-refractivity contribution in [2.45, 2.75) is 31.2 Å². The summed E-state index contributed by atoms with van der Waals surface area (Å²) in [7, 11) is -7.84. The van der Waals surface area contributed by atoms with Crippen molar-refractivity contribution in [2.24, 2.45) is 4.99 Å². The SMILES string of the molecule is CCS(=O)(=O)Nc1nc(S(=O)(=O)CC)ccc1N=Cc1cc(C(F)(F)F)cc(C(F)(F)F)c1. The van der Waals surface area contributed by atoms with Crippen LogP contribution < -0.4 is 4.72 Å². The van der Waals surface area contributed by atoms with Gasteiger partial charge in [-0.3, -0.25) is 9.71 Å². The second-order valence-electron chi connectivity index (χ2n) is 6.52. The van der Waals surface area contributed by atoms with E-state index in [1.807, 2.05) is 4.72 Å². The molecule has 182 valence electrons. The summed E-state index contributed by atoms with van der Waals surface area (Å²) in [6.45, 7) is 2.60. The van der Waals surface area contributed by atoms with Crippen LogP contribution in [0.2, 0.25) is 0 Å². The molecule has 15 heteroatoms. The van der Waals surface area contributed by atoms with E-state index < -0.39 is 65.5 Å². The highest BCUT2D eigenvalue weighted by Crippen LogP contribution is 2.36. The van der Waals surface area contributed by atoms with Gasteiger partial charge in [-0.05, 0) is 42.8 Å². The summed E-state index contributed by atoms with van der Waals surface area (Å²) in [6.07, 6.45) is -9.48. The van der Waals surface area contributed by atoms with Gasteiger partial charge in [0, 0.05) is 6.21 Å². The molecule has 1 aromatic heterocycles. The van der Waals surface area contributed by atoms with E-state index in [1.54, 1.807) is 0 Å². The number of hydrogen-bond donors (Lipinski definition) is 1. The number of halogens is 6. The van der Waals surface area contributed by atoms with Crippen LogP contribution in [-0.2, 0) is 32.2 Å². The van der Waals surface area contributed by atoms with Gasteiger partial charge in [0.1, 0.15) is 5.69 Å². The first-order valence-electron chi connectivity index (χ1n) is 9.06. The third-order valence-corrected chi connectivity index (χ3v) is 7.03. The van der Waals surface area contributed by atoms with Crippen LogP contribution in [-0.4, -0.2) is 39.5 Å². The van der Waals surface area contributed by atoms with Crippen molar-refractivity contribution in [3.05, 3.63) is 47.0 Å². The van der Waals surface area contributed by atoms with Gasteiger partial charge in [-0.25, -0.2) is 21.8 Å². The van der Waals surface area contributed by atoms with Crippen LogP contribution in [0, 0.1) is 0 Å². The molecule has 0 aliphatic rings. The van der Waals surface area contributed by atoms with Crippen molar-refractivity contribution < 1.29 is 43.2 Å². The number of pyridine rings is 1. The van der Waals surface area contributed by atoms with Crippen LogP contribution in [0.25, 0.3) is 0 Å². The zero-order valence-corrected chi connectivity index (χ0v) is 18.6. The summed E-state index contributed by atoms with van der Waals surface area (Å²) in [4.78, 5) is 7.47. The molecule has 0 fully saturated rings. The number of nitrogens with one attached hydrogen (secondary N) is 1. The van der Waals surface area contributed by atoms with Crippen LogP contribution in [0.1, 0.15) is 30.5 Å². The fourth-order valence-corrected chi connectivity index (χ4v) is 3.74. The zero-order valence-electron chi connectivity index (χ0n) is 17.0. The molecule has 0 saturated heterocycles. The molecule has 0 amide bonds. The molecule has 0 radical (unpaired) electrons. The van der Waals surface area contributed by atoms with E-state index in [1.165, 1.54) is 13.8 Å². The molecule has 0 spiro atoms. The Kier molecular flexibility index (Phi) is 7.48. The minimum Gasteiger partial charge on any atom is -0.266 e. The number of hydrogen-bond acceptors (Lipinski definition) is 6. The minimum absolute atomic E-state index is 0.0515. The summed E-state index contributed by atoms with van der Waals surface area (Å²) in [5.74, 6) is -1.33. The molecule has 1 aromatic carbocycles. The van der Waals surface area contributed by atoms with E-state index in [2.05, 4.69) is 9.98 Å². The summed E-state index contributed by atoms with van der Waals surface area (Å²) >= 11 is 0. The van der Waals surface area contributed by atoms with Crippen LogP contribution in [0.4, 0.5) is 37.8 Å². The Hall–Kier alpha value is -2.68. The Labute approximate surface area is 185 Å². The Morgan fingerprint density at radius 1 is 0.909 bits per heavy atom. The second kappa shape index (κ2) is 9.29. The van der Waals surface area contributed by atoms with E-state index in [9.17, 15) is 43.2 Å². The third kappa shape index (κ3) is 6.90. The standard InChI is InChI=1S/C18H17F6N3O4S2/c1-3-32(28,29)15-6-5-14(16(26-15)27-33(30,31)4-2)25-10-11-7-12(17(19,20)21)9-13(8-11)18(22,23)24/h5-10H,3-4H2,1-2H3,(H,26,27). The van der Waals surface area contributed by atoms with Crippen LogP contribution in [0.5, 0.6) is 0 Å². The predicted octanol–water partition coefficient (Wildman–Crippen LogP) is 4.43. The molecule has 0 aliphatic carbocycles. The average molecular weight is 517 g/mol. The predicted molar refractivity (Wildman–Crippen MR) is 109 cm³/mol. The summed E-state index contributed by atoms with van der Waals surface area (Å²) in [5, 5.41) is -0.490. The minimum atomic E-state index is -5.07. The van der Waals surface area contributed by atoms with Gasteiger partial charge < -0.3 is 0 Å². The number of nitrogens with zero attached hydrogens (tertiary/aromatic N) is 2. The first kappa shape index (κ1) is 26.6. The van der Waals surface area contributed by atoms with Crippen molar-refractivity contribution in [3.63, 3.8) is 0 Å². The molecule has 0 unspecified atom stereocenters. The van der Waals surface area contributed by atoms with Crippen LogP contribution in [0.15, 0.2) is 40.4 Å². The lowest BCUT2D eigenvalue weighted by Gasteiger charge is -2.13. The Balaban J connectivity index is 2.63. The average Bonchev–Trinajstić information content (AvgIpc) is 2.71. The molecule has 1 heterocycles. The van der Waals surface area contributed by atoms with Gasteiger partial charge in [-0.1, -0.05) is 6.92 Å². The summed E-state index contributed by atoms with van der Waals surface area (Å²) in [6, 6.07) is 2.82. The summed E-state index contributed by atoms with van der Waals surface area (Å²) in [5.41, 5.74) is -4.03. The van der Waals surface area contributed by atoms with Gasteiger partial charge in [-0.15, -0.1) is 0 Å². The maximum Gasteiger partial charge on any atom is 0.416 e. The van der Waals surface area contributed by atoms with Crippen molar-refractivity contribution in [2.75, 3.05) is 16.2 Å². The number of alkyl halides is 6. The lowest BCUT2D eigenvalue weighted by molar-refractivity contribution is -0.143. The number of aliphatic imine (C=N–C) groups is 1. The molecule has 0 aliphatic heterocycles. The Bertz CT molecular complexity index is 1240. The molecule has 1 N–H and O–H groups in total. The molecule has 2 aromatic rings. The Morgan fingerprint density at radius 2 is 1.45 bits per heavy atom. The van der Waals surface area contributed by atoms with Crippen molar-refractivity contribution in [3.8, 4) is 0 Å². The monoisotopic (exact) mass is 517 g/mol. The van der Waals surface area contributed by atoms with Gasteiger partial charge in [0.25, 0.3) is 0 Å². The highest BCUT2D eigenvalue weighted by molar-refractivity contribution is 7.92. The molecule has 0 saturated carbocycles. The van der Waals surface area contributed by atoms with Gasteiger partial charge in [0.15, 0.2) is 20.7 Å². The smallest absolute Gasteiger partial charge is 0.266 e. The second-order valence-corrected chi connectivity index (χ2v) is 10.8. The van der Waals surface area contributed by atoms with Gasteiger partial charge in [0.2, 0.25) is 10.0 Å². The number of aromatic nitrogens is 1. The largest absolute Gasteiger partial charge is 0.416 e. The normalized spacial score (nSPS) is 13.5. The molecule has 33 heavy (non-hydrogen) atoms. The van der Waals surface area contributed by atoms with E-state index in [-0.39, 0.29) is 17.5 Å². The van der Waals surface area contributed by atoms with Gasteiger partial charge in [0.05, 0.1) is 22.6 Å². The number of sulfonamides is 1. The zero-order chi connectivity index (χ0) is 25.2. The van der Waals surface area contributed by atoms with Crippen molar-refractivity contribution >= 4 is 37.6 Å². The molecule has 0 bridgehead atoms. The third-order valence-electron chi connectivity index (χ3n) is 4.14. The molecule has 7 nitrogen and oxygen atoms in total. The number of benzene rings is 1. The fourth-order valence-electron chi connectivity index (χ4n) is 2.35. The first-order valence-corrected chi connectivity index (χ1v) is 12.4. The van der Waals surface area contributed by atoms with Gasteiger partial charge in [-0.2, -0.15) is 26.3 Å². The highest BCUT2D eigenvalue weighted by Gasteiger charge is 2.36. The topological polar surface area (TPSA) is 106 Å². The molecular formula is C18H17F6N3O4S2. The summed E-state index contributed by atoms with van der Waals surface area (Å²) < 4.78 is 128. The van der Waals surface area contributed by atoms with Gasteiger partial charge >= 0.3 is 12.4 Å². The van der Waals surface area contributed by atoms with Crippen molar-refractivity contribution in [1.29, 1.82) is 0 Å². The molecule has 2 rings (SSSR count). The number of sulfone groups is 1. The number of anilines is 1. The fraction of sp³-hybridized carbons (Fsp3) is 0.333. The van der Waals surface area contributed by atoms with E-state index in [4.69, 9.17) is 0 Å². The maximum atomic E-state index is 13.0. The first-order chi connectivity index (χ1) is 15.0. The lowest BCUT2D eigenvalue weighted by Crippen LogP contribution is -2.17. The maximum absolute atomic E-state index is 13.0. The van der Waals surface area contributed by atoms with Crippen molar-refractivity contribution in [1.82, 2.24) is 4.98 Å².